The Morgan fingerprint density at radius 2 is 2.29 bits per heavy atom. The standard InChI is InChI=1S/C9H8Cl2N2O/c1-2-14-6-4-12-8-5(6)3-7(10)13-9(8)11/h3-4,12H,2H2,1H3. The van der Waals surface area contributed by atoms with Crippen LogP contribution in [-0.4, -0.2) is 16.6 Å². The van der Waals surface area contributed by atoms with Crippen molar-refractivity contribution in [3.05, 3.63) is 22.6 Å². The Morgan fingerprint density at radius 1 is 1.50 bits per heavy atom. The average Bonchev–Trinajstić information content (AvgIpc) is 2.49. The van der Waals surface area contributed by atoms with Crippen molar-refractivity contribution in [3.63, 3.8) is 0 Å². The fourth-order valence-corrected chi connectivity index (χ4v) is 1.79. The SMILES string of the molecule is CCOc1c[nH]c2c(Cl)nc(Cl)cc12. The smallest absolute Gasteiger partial charge is 0.154 e. The lowest BCUT2D eigenvalue weighted by Gasteiger charge is -2.00. The molecule has 2 heterocycles. The van der Waals surface area contributed by atoms with E-state index in [1.165, 1.54) is 0 Å². The minimum atomic E-state index is 0.360. The van der Waals surface area contributed by atoms with E-state index in [0.29, 0.717) is 16.9 Å². The number of ether oxygens (including phenoxy) is 1. The fourth-order valence-electron chi connectivity index (χ4n) is 1.31. The molecule has 0 fully saturated rings. The molecule has 5 heteroatoms. The molecule has 2 rings (SSSR count). The van der Waals surface area contributed by atoms with Crippen LogP contribution in [0.15, 0.2) is 12.3 Å². The maximum Gasteiger partial charge on any atom is 0.154 e. The second-order valence-electron chi connectivity index (χ2n) is 2.74. The predicted octanol–water partition coefficient (Wildman–Crippen LogP) is 3.27. The van der Waals surface area contributed by atoms with Gasteiger partial charge in [0.25, 0.3) is 0 Å². The van der Waals surface area contributed by atoms with E-state index in [0.717, 1.165) is 16.7 Å². The van der Waals surface area contributed by atoms with Crippen LogP contribution in [0.25, 0.3) is 10.9 Å². The Morgan fingerprint density at radius 3 is 3.00 bits per heavy atom. The summed E-state index contributed by atoms with van der Waals surface area (Å²) in [6, 6.07) is 1.73. The zero-order chi connectivity index (χ0) is 10.1. The van der Waals surface area contributed by atoms with Gasteiger partial charge in [-0.3, -0.25) is 0 Å². The Bertz CT molecular complexity index is 467. The normalized spacial score (nSPS) is 10.8. The molecular weight excluding hydrogens is 223 g/mol. The second-order valence-corrected chi connectivity index (χ2v) is 3.49. The molecule has 0 aliphatic carbocycles. The number of aromatic amines is 1. The largest absolute Gasteiger partial charge is 0.492 e. The number of H-pyrrole nitrogens is 1. The van der Waals surface area contributed by atoms with Gasteiger partial charge in [0.1, 0.15) is 10.9 Å². The molecule has 2 aromatic rings. The lowest BCUT2D eigenvalue weighted by atomic mass is 10.3. The number of pyridine rings is 1. The summed E-state index contributed by atoms with van der Waals surface area (Å²) in [5, 5.41) is 1.58. The van der Waals surface area contributed by atoms with Crippen LogP contribution in [0, 0.1) is 0 Å². The number of rotatable bonds is 2. The minimum absolute atomic E-state index is 0.360. The number of halogens is 2. The third kappa shape index (κ3) is 1.53. The van der Waals surface area contributed by atoms with Gasteiger partial charge in [0.05, 0.1) is 12.1 Å². The highest BCUT2D eigenvalue weighted by atomic mass is 35.5. The van der Waals surface area contributed by atoms with Crippen molar-refractivity contribution >= 4 is 34.1 Å². The number of nitrogens with one attached hydrogen (secondary N) is 1. The summed E-state index contributed by atoms with van der Waals surface area (Å²) >= 11 is 11.7. The van der Waals surface area contributed by atoms with Crippen molar-refractivity contribution in [1.29, 1.82) is 0 Å². The third-order valence-electron chi connectivity index (χ3n) is 1.86. The van der Waals surface area contributed by atoms with E-state index in [9.17, 15) is 0 Å². The van der Waals surface area contributed by atoms with Crippen LogP contribution in [-0.2, 0) is 0 Å². The van der Waals surface area contributed by atoms with E-state index in [1.807, 2.05) is 6.92 Å². The first-order valence-corrected chi connectivity index (χ1v) is 4.94. The van der Waals surface area contributed by atoms with Gasteiger partial charge in [-0.15, -0.1) is 0 Å². The van der Waals surface area contributed by atoms with E-state index in [2.05, 4.69) is 9.97 Å². The predicted molar refractivity (Wildman–Crippen MR) is 57.3 cm³/mol. The molecule has 0 unspecified atom stereocenters. The highest BCUT2D eigenvalue weighted by Crippen LogP contribution is 2.31. The van der Waals surface area contributed by atoms with Gasteiger partial charge in [0, 0.05) is 11.6 Å². The summed E-state index contributed by atoms with van der Waals surface area (Å²) in [7, 11) is 0. The molecule has 0 bridgehead atoms. The Hall–Kier alpha value is -0.930. The first kappa shape index (κ1) is 9.62. The molecule has 0 aliphatic heterocycles. The molecule has 0 atom stereocenters. The highest BCUT2D eigenvalue weighted by molar-refractivity contribution is 6.36. The van der Waals surface area contributed by atoms with Crippen LogP contribution in [0.5, 0.6) is 5.75 Å². The monoisotopic (exact) mass is 230 g/mol. The van der Waals surface area contributed by atoms with Crippen molar-refractivity contribution in [2.75, 3.05) is 6.61 Å². The molecule has 0 radical (unpaired) electrons. The number of fused-ring (bicyclic) bond motifs is 1. The van der Waals surface area contributed by atoms with E-state index >= 15 is 0 Å². The van der Waals surface area contributed by atoms with Crippen LogP contribution in [0.2, 0.25) is 10.3 Å². The van der Waals surface area contributed by atoms with Crippen molar-refractivity contribution in [3.8, 4) is 5.75 Å². The molecule has 0 saturated carbocycles. The Kier molecular flexibility index (Phi) is 2.52. The highest BCUT2D eigenvalue weighted by Gasteiger charge is 2.09. The summed E-state index contributed by atoms with van der Waals surface area (Å²) < 4.78 is 5.39. The van der Waals surface area contributed by atoms with E-state index in [4.69, 9.17) is 27.9 Å². The van der Waals surface area contributed by atoms with Crippen molar-refractivity contribution in [2.24, 2.45) is 0 Å². The summed E-state index contributed by atoms with van der Waals surface area (Å²) in [4.78, 5) is 6.91. The fraction of sp³-hybridized carbons (Fsp3) is 0.222. The van der Waals surface area contributed by atoms with Crippen LogP contribution < -0.4 is 4.74 Å². The van der Waals surface area contributed by atoms with Gasteiger partial charge in [-0.2, -0.15) is 0 Å². The molecular formula is C9H8Cl2N2O. The van der Waals surface area contributed by atoms with Gasteiger partial charge in [0.2, 0.25) is 0 Å². The molecule has 0 aromatic carbocycles. The summed E-state index contributed by atoms with van der Waals surface area (Å²) in [5.41, 5.74) is 0.750. The number of hydrogen-bond donors (Lipinski definition) is 1. The number of aromatic nitrogens is 2. The molecule has 3 nitrogen and oxygen atoms in total. The average molecular weight is 231 g/mol. The van der Waals surface area contributed by atoms with Gasteiger partial charge in [-0.1, -0.05) is 23.2 Å². The molecule has 14 heavy (non-hydrogen) atoms. The zero-order valence-corrected chi connectivity index (χ0v) is 8.99. The van der Waals surface area contributed by atoms with E-state index < -0.39 is 0 Å². The minimum Gasteiger partial charge on any atom is -0.492 e. The van der Waals surface area contributed by atoms with Crippen molar-refractivity contribution < 1.29 is 4.74 Å². The Balaban J connectivity index is 2.66. The van der Waals surface area contributed by atoms with Crippen LogP contribution in [0.4, 0.5) is 0 Å². The molecule has 0 saturated heterocycles. The van der Waals surface area contributed by atoms with Crippen LogP contribution in [0.1, 0.15) is 6.92 Å². The number of nitrogens with zero attached hydrogens (tertiary/aromatic N) is 1. The van der Waals surface area contributed by atoms with Crippen molar-refractivity contribution in [1.82, 2.24) is 9.97 Å². The van der Waals surface area contributed by atoms with E-state index in [-0.39, 0.29) is 0 Å². The lowest BCUT2D eigenvalue weighted by Crippen LogP contribution is -1.89. The van der Waals surface area contributed by atoms with Crippen LogP contribution in [0.3, 0.4) is 0 Å². The first-order valence-electron chi connectivity index (χ1n) is 4.18. The maximum absolute atomic E-state index is 5.89. The molecule has 1 N–H and O–H groups in total. The van der Waals surface area contributed by atoms with Gasteiger partial charge in [-0.25, -0.2) is 4.98 Å². The maximum atomic E-state index is 5.89. The van der Waals surface area contributed by atoms with E-state index in [1.54, 1.807) is 12.3 Å². The molecule has 74 valence electrons. The topological polar surface area (TPSA) is 37.9 Å². The zero-order valence-electron chi connectivity index (χ0n) is 7.47. The summed E-state index contributed by atoms with van der Waals surface area (Å²) in [5.74, 6) is 0.744. The third-order valence-corrected chi connectivity index (χ3v) is 2.32. The molecule has 0 amide bonds. The summed E-state index contributed by atoms with van der Waals surface area (Å²) in [6.45, 7) is 2.52. The molecule has 2 aromatic heterocycles. The number of hydrogen-bond acceptors (Lipinski definition) is 2. The van der Waals surface area contributed by atoms with Gasteiger partial charge in [0.15, 0.2) is 5.15 Å². The van der Waals surface area contributed by atoms with Crippen molar-refractivity contribution in [2.45, 2.75) is 6.92 Å². The van der Waals surface area contributed by atoms with Crippen LogP contribution >= 0.6 is 23.2 Å². The van der Waals surface area contributed by atoms with Gasteiger partial charge in [-0.05, 0) is 13.0 Å². The molecule has 0 aliphatic rings. The molecule has 0 spiro atoms. The first-order chi connectivity index (χ1) is 6.72. The van der Waals surface area contributed by atoms with Gasteiger partial charge >= 0.3 is 0 Å². The second kappa shape index (κ2) is 3.67. The summed E-state index contributed by atoms with van der Waals surface area (Å²) in [6.07, 6.45) is 1.75. The lowest BCUT2D eigenvalue weighted by molar-refractivity contribution is 0.344. The van der Waals surface area contributed by atoms with Gasteiger partial charge < -0.3 is 9.72 Å². The Labute approximate surface area is 91.0 Å². The quantitative estimate of drug-likeness (QED) is 0.805.